The number of amides is 3. The van der Waals surface area contributed by atoms with Crippen LogP contribution in [0.3, 0.4) is 0 Å². The third-order valence-electron chi connectivity index (χ3n) is 3.51. The lowest BCUT2D eigenvalue weighted by Gasteiger charge is -2.23. The predicted molar refractivity (Wildman–Crippen MR) is 92.5 cm³/mol. The first kappa shape index (κ1) is 16.1. The molecule has 2 aromatic carbocycles. The Labute approximate surface area is 144 Å². The van der Waals surface area contributed by atoms with Gasteiger partial charge in [0.2, 0.25) is 0 Å². The molecule has 0 bridgehead atoms. The van der Waals surface area contributed by atoms with Crippen molar-refractivity contribution < 1.29 is 14.3 Å². The Balaban J connectivity index is 1.60. The van der Waals surface area contributed by atoms with Crippen molar-refractivity contribution in [3.05, 3.63) is 53.1 Å². The molecule has 0 spiro atoms. The minimum absolute atomic E-state index is 0.189. The summed E-state index contributed by atoms with van der Waals surface area (Å²) in [7, 11) is 0. The van der Waals surface area contributed by atoms with Crippen LogP contribution in [-0.4, -0.2) is 18.0 Å². The molecule has 0 aromatic heterocycles. The van der Waals surface area contributed by atoms with E-state index < -0.39 is 6.10 Å². The first-order valence-corrected chi connectivity index (χ1v) is 7.80. The molecule has 2 aromatic rings. The Kier molecular flexibility index (Phi) is 4.57. The number of carbonyl (C=O) groups excluding carboxylic acids is 2. The highest BCUT2D eigenvalue weighted by molar-refractivity contribution is 6.30. The van der Waals surface area contributed by atoms with Gasteiger partial charge in [-0.2, -0.15) is 0 Å². The standard InChI is InChI=1S/C17H16ClN3O3/c1-10-16(22)21-14-7-11(5-6-15(14)24-10)9-19-17(23)20-13-4-2-3-12(18)8-13/h2-8,10H,9H2,1H3,(H,21,22)(H2,19,20,23). The average Bonchev–Trinajstić information content (AvgIpc) is 2.54. The normalized spacial score (nSPS) is 15.8. The number of fused-ring (bicyclic) bond motifs is 1. The number of benzene rings is 2. The molecule has 1 heterocycles. The maximum atomic E-state index is 11.9. The number of carbonyl (C=O) groups is 2. The minimum Gasteiger partial charge on any atom is -0.479 e. The van der Waals surface area contributed by atoms with Gasteiger partial charge in [-0.15, -0.1) is 0 Å². The first-order valence-electron chi connectivity index (χ1n) is 7.42. The van der Waals surface area contributed by atoms with E-state index in [1.54, 1.807) is 43.3 Å². The molecule has 0 saturated carbocycles. The Bertz CT molecular complexity index is 794. The van der Waals surface area contributed by atoms with Gasteiger partial charge >= 0.3 is 6.03 Å². The van der Waals surface area contributed by atoms with Crippen molar-refractivity contribution in [1.82, 2.24) is 5.32 Å². The van der Waals surface area contributed by atoms with Crippen molar-refractivity contribution in [3.63, 3.8) is 0 Å². The summed E-state index contributed by atoms with van der Waals surface area (Å²) < 4.78 is 5.49. The molecule has 7 heteroatoms. The van der Waals surface area contributed by atoms with E-state index in [1.807, 2.05) is 6.07 Å². The summed E-state index contributed by atoms with van der Waals surface area (Å²) in [5.41, 5.74) is 2.06. The molecule has 1 aliphatic heterocycles. The molecular weight excluding hydrogens is 330 g/mol. The number of halogens is 1. The topological polar surface area (TPSA) is 79.5 Å². The van der Waals surface area contributed by atoms with Crippen LogP contribution < -0.4 is 20.7 Å². The van der Waals surface area contributed by atoms with E-state index in [-0.39, 0.29) is 11.9 Å². The Morgan fingerprint density at radius 3 is 2.92 bits per heavy atom. The second-order valence-corrected chi connectivity index (χ2v) is 5.83. The van der Waals surface area contributed by atoms with Gasteiger partial charge in [-0.3, -0.25) is 4.79 Å². The molecule has 3 amide bonds. The monoisotopic (exact) mass is 345 g/mol. The number of rotatable bonds is 3. The van der Waals surface area contributed by atoms with Crippen LogP contribution in [0.4, 0.5) is 16.2 Å². The molecule has 124 valence electrons. The molecule has 3 N–H and O–H groups in total. The second-order valence-electron chi connectivity index (χ2n) is 5.40. The summed E-state index contributed by atoms with van der Waals surface area (Å²) in [6.45, 7) is 2.00. The van der Waals surface area contributed by atoms with Gasteiger partial charge in [0.1, 0.15) is 5.75 Å². The maximum absolute atomic E-state index is 11.9. The van der Waals surface area contributed by atoms with Crippen molar-refractivity contribution in [3.8, 4) is 5.75 Å². The van der Waals surface area contributed by atoms with Crippen molar-refractivity contribution in [1.29, 1.82) is 0 Å². The van der Waals surface area contributed by atoms with Crippen LogP contribution in [0.1, 0.15) is 12.5 Å². The zero-order chi connectivity index (χ0) is 17.1. The molecule has 6 nitrogen and oxygen atoms in total. The third-order valence-corrected chi connectivity index (χ3v) is 3.75. The van der Waals surface area contributed by atoms with Crippen LogP contribution in [0.2, 0.25) is 5.02 Å². The van der Waals surface area contributed by atoms with Crippen molar-refractivity contribution in [2.24, 2.45) is 0 Å². The summed E-state index contributed by atoms with van der Waals surface area (Å²) >= 11 is 5.87. The van der Waals surface area contributed by atoms with E-state index in [0.29, 0.717) is 28.7 Å². The van der Waals surface area contributed by atoms with Gasteiger partial charge in [-0.25, -0.2) is 4.79 Å². The summed E-state index contributed by atoms with van der Waals surface area (Å²) in [4.78, 5) is 23.6. The van der Waals surface area contributed by atoms with Gasteiger partial charge in [0.15, 0.2) is 6.10 Å². The third kappa shape index (κ3) is 3.78. The fraction of sp³-hybridized carbons (Fsp3) is 0.176. The molecule has 0 saturated heterocycles. The van der Waals surface area contributed by atoms with Crippen LogP contribution in [0.5, 0.6) is 5.75 Å². The predicted octanol–water partition coefficient (Wildman–Crippen LogP) is 3.38. The smallest absolute Gasteiger partial charge is 0.319 e. The summed E-state index contributed by atoms with van der Waals surface area (Å²) in [5.74, 6) is 0.431. The Morgan fingerprint density at radius 1 is 1.29 bits per heavy atom. The fourth-order valence-electron chi connectivity index (χ4n) is 2.29. The van der Waals surface area contributed by atoms with Crippen LogP contribution in [0.25, 0.3) is 0 Å². The average molecular weight is 346 g/mol. The van der Waals surface area contributed by atoms with Crippen molar-refractivity contribution in [2.75, 3.05) is 10.6 Å². The zero-order valence-electron chi connectivity index (χ0n) is 12.9. The summed E-state index contributed by atoms with van der Waals surface area (Å²) in [5, 5.41) is 8.77. The zero-order valence-corrected chi connectivity index (χ0v) is 13.7. The van der Waals surface area contributed by atoms with Crippen molar-refractivity contribution >= 4 is 34.9 Å². The highest BCUT2D eigenvalue weighted by Gasteiger charge is 2.23. The van der Waals surface area contributed by atoms with E-state index in [9.17, 15) is 9.59 Å². The van der Waals surface area contributed by atoms with E-state index in [1.165, 1.54) is 0 Å². The molecule has 3 rings (SSSR count). The quantitative estimate of drug-likeness (QED) is 0.797. The van der Waals surface area contributed by atoms with Crippen LogP contribution in [0.15, 0.2) is 42.5 Å². The number of urea groups is 1. The first-order chi connectivity index (χ1) is 11.5. The van der Waals surface area contributed by atoms with Crippen LogP contribution in [-0.2, 0) is 11.3 Å². The SMILES string of the molecule is CC1Oc2ccc(CNC(=O)Nc3cccc(Cl)c3)cc2NC1=O. The molecule has 0 fully saturated rings. The lowest BCUT2D eigenvalue weighted by atomic mass is 10.1. The fourth-order valence-corrected chi connectivity index (χ4v) is 2.48. The van der Waals surface area contributed by atoms with Gasteiger partial charge in [-0.1, -0.05) is 23.7 Å². The number of hydrogen-bond acceptors (Lipinski definition) is 3. The minimum atomic E-state index is -0.509. The van der Waals surface area contributed by atoms with E-state index in [2.05, 4.69) is 16.0 Å². The summed E-state index contributed by atoms with van der Waals surface area (Å²) in [6, 6.07) is 11.9. The Morgan fingerprint density at radius 2 is 2.12 bits per heavy atom. The lowest BCUT2D eigenvalue weighted by molar-refractivity contribution is -0.122. The van der Waals surface area contributed by atoms with Gasteiger partial charge in [0, 0.05) is 17.3 Å². The highest BCUT2D eigenvalue weighted by atomic mass is 35.5. The van der Waals surface area contributed by atoms with Crippen molar-refractivity contribution in [2.45, 2.75) is 19.6 Å². The molecule has 1 unspecified atom stereocenters. The molecule has 1 aliphatic rings. The van der Waals surface area contributed by atoms with E-state index >= 15 is 0 Å². The van der Waals surface area contributed by atoms with Gasteiger partial charge in [0.05, 0.1) is 5.69 Å². The van der Waals surface area contributed by atoms with Gasteiger partial charge in [-0.05, 0) is 42.8 Å². The molecule has 24 heavy (non-hydrogen) atoms. The van der Waals surface area contributed by atoms with E-state index in [4.69, 9.17) is 16.3 Å². The van der Waals surface area contributed by atoms with Gasteiger partial charge in [0.25, 0.3) is 5.91 Å². The molecule has 0 radical (unpaired) electrons. The Hall–Kier alpha value is -2.73. The highest BCUT2D eigenvalue weighted by Crippen LogP contribution is 2.30. The van der Waals surface area contributed by atoms with Crippen LogP contribution in [0, 0.1) is 0 Å². The number of nitrogens with one attached hydrogen (secondary N) is 3. The lowest BCUT2D eigenvalue weighted by Crippen LogP contribution is -2.34. The molecular formula is C17H16ClN3O3. The molecule has 0 aliphatic carbocycles. The largest absolute Gasteiger partial charge is 0.479 e. The maximum Gasteiger partial charge on any atom is 0.319 e. The van der Waals surface area contributed by atoms with Gasteiger partial charge < -0.3 is 20.7 Å². The van der Waals surface area contributed by atoms with E-state index in [0.717, 1.165) is 5.56 Å². The summed E-state index contributed by atoms with van der Waals surface area (Å²) in [6.07, 6.45) is -0.509. The molecule has 1 atom stereocenters. The van der Waals surface area contributed by atoms with Crippen LogP contribution >= 0.6 is 11.6 Å². The second kappa shape index (κ2) is 6.80. The number of hydrogen-bond donors (Lipinski definition) is 3. The number of ether oxygens (including phenoxy) is 1. The number of anilines is 2.